The molecule has 3 aliphatic rings. The first-order valence-corrected chi connectivity index (χ1v) is 8.04. The Bertz CT molecular complexity index is 543. The summed E-state index contributed by atoms with van der Waals surface area (Å²) in [6.07, 6.45) is 4.26. The molecule has 1 aromatic rings. The molecule has 114 valence electrons. The second-order valence-electron chi connectivity index (χ2n) is 6.70. The minimum Gasteiger partial charge on any atom is -0.490 e. The summed E-state index contributed by atoms with van der Waals surface area (Å²) in [6.45, 7) is 4.33. The summed E-state index contributed by atoms with van der Waals surface area (Å²) in [6, 6.07) is 7.05. The van der Waals surface area contributed by atoms with Crippen LogP contribution in [0.5, 0.6) is 11.5 Å². The van der Waals surface area contributed by atoms with Gasteiger partial charge in [-0.25, -0.2) is 0 Å². The van der Waals surface area contributed by atoms with Crippen molar-refractivity contribution in [3.8, 4) is 11.5 Å². The van der Waals surface area contributed by atoms with E-state index >= 15 is 0 Å². The van der Waals surface area contributed by atoms with E-state index in [1.165, 1.54) is 12.8 Å². The Morgan fingerprint density at radius 2 is 1.95 bits per heavy atom. The van der Waals surface area contributed by atoms with Crippen molar-refractivity contribution in [2.24, 2.45) is 0 Å². The van der Waals surface area contributed by atoms with Crippen LogP contribution >= 0.6 is 0 Å². The summed E-state index contributed by atoms with van der Waals surface area (Å²) in [5, 5.41) is 11.1. The molecule has 4 heteroatoms. The SMILES string of the molecule is CC1CC(O)(c2ccc3c(c2)OCCCO3)CN1C1CC1. The van der Waals surface area contributed by atoms with E-state index in [2.05, 4.69) is 11.8 Å². The zero-order valence-electron chi connectivity index (χ0n) is 12.5. The predicted octanol–water partition coefficient (Wildman–Crippen LogP) is 2.29. The molecule has 0 radical (unpaired) electrons. The summed E-state index contributed by atoms with van der Waals surface area (Å²) in [7, 11) is 0. The molecule has 2 fully saturated rings. The molecular formula is C17H23NO3. The Morgan fingerprint density at radius 1 is 1.19 bits per heavy atom. The molecule has 4 rings (SSSR count). The maximum Gasteiger partial charge on any atom is 0.161 e. The first-order valence-electron chi connectivity index (χ1n) is 8.04. The topological polar surface area (TPSA) is 41.9 Å². The van der Waals surface area contributed by atoms with Gasteiger partial charge in [0.2, 0.25) is 0 Å². The molecule has 0 bridgehead atoms. The van der Waals surface area contributed by atoms with Gasteiger partial charge < -0.3 is 14.6 Å². The summed E-state index contributed by atoms with van der Waals surface area (Å²) >= 11 is 0. The number of hydrogen-bond acceptors (Lipinski definition) is 4. The predicted molar refractivity (Wildman–Crippen MR) is 79.8 cm³/mol. The largest absolute Gasteiger partial charge is 0.490 e. The Morgan fingerprint density at radius 3 is 2.71 bits per heavy atom. The number of benzene rings is 1. The van der Waals surface area contributed by atoms with E-state index in [1.807, 2.05) is 18.2 Å². The van der Waals surface area contributed by atoms with Crippen molar-refractivity contribution in [3.63, 3.8) is 0 Å². The van der Waals surface area contributed by atoms with E-state index in [0.717, 1.165) is 36.4 Å². The first-order chi connectivity index (χ1) is 10.2. The van der Waals surface area contributed by atoms with Gasteiger partial charge in [0, 0.05) is 25.0 Å². The van der Waals surface area contributed by atoms with Gasteiger partial charge in [0.15, 0.2) is 11.5 Å². The lowest BCUT2D eigenvalue weighted by atomic mass is 9.91. The Kier molecular flexibility index (Phi) is 3.12. The third kappa shape index (κ3) is 2.40. The maximum absolute atomic E-state index is 11.1. The van der Waals surface area contributed by atoms with Crippen molar-refractivity contribution < 1.29 is 14.6 Å². The first kappa shape index (κ1) is 13.4. The summed E-state index contributed by atoms with van der Waals surface area (Å²) < 4.78 is 11.4. The normalized spacial score (nSPS) is 33.0. The fourth-order valence-corrected chi connectivity index (χ4v) is 3.69. The molecular weight excluding hydrogens is 266 g/mol. The maximum atomic E-state index is 11.1. The van der Waals surface area contributed by atoms with Gasteiger partial charge in [-0.05, 0) is 43.9 Å². The third-order valence-corrected chi connectivity index (χ3v) is 4.94. The highest BCUT2D eigenvalue weighted by atomic mass is 16.5. The number of hydrogen-bond donors (Lipinski definition) is 1. The van der Waals surface area contributed by atoms with Crippen molar-refractivity contribution >= 4 is 0 Å². The smallest absolute Gasteiger partial charge is 0.161 e. The highest BCUT2D eigenvalue weighted by Crippen LogP contribution is 2.43. The molecule has 1 saturated heterocycles. The van der Waals surface area contributed by atoms with E-state index in [9.17, 15) is 5.11 Å². The average Bonchev–Trinajstić information content (AvgIpc) is 3.27. The van der Waals surface area contributed by atoms with Gasteiger partial charge in [-0.1, -0.05) is 6.07 Å². The third-order valence-electron chi connectivity index (χ3n) is 4.94. The number of fused-ring (bicyclic) bond motifs is 1. The van der Waals surface area contributed by atoms with Crippen LogP contribution in [0, 0.1) is 0 Å². The molecule has 2 unspecified atom stereocenters. The van der Waals surface area contributed by atoms with Crippen LogP contribution in [0.15, 0.2) is 18.2 Å². The second kappa shape index (κ2) is 4.89. The molecule has 4 nitrogen and oxygen atoms in total. The molecule has 2 aliphatic heterocycles. The van der Waals surface area contributed by atoms with Crippen molar-refractivity contribution in [3.05, 3.63) is 23.8 Å². The number of rotatable bonds is 2. The van der Waals surface area contributed by atoms with Gasteiger partial charge >= 0.3 is 0 Å². The zero-order valence-corrected chi connectivity index (χ0v) is 12.5. The molecule has 0 aromatic heterocycles. The fraction of sp³-hybridized carbons (Fsp3) is 0.647. The van der Waals surface area contributed by atoms with Crippen molar-refractivity contribution in [2.45, 2.75) is 50.3 Å². The Labute approximate surface area is 125 Å². The van der Waals surface area contributed by atoms with E-state index < -0.39 is 5.60 Å². The number of β-amino-alcohol motifs (C(OH)–C–C–N with tert-alkyl or cyclic N) is 1. The molecule has 2 heterocycles. The molecule has 1 saturated carbocycles. The number of nitrogens with zero attached hydrogens (tertiary/aromatic N) is 1. The van der Waals surface area contributed by atoms with Gasteiger partial charge in [0.25, 0.3) is 0 Å². The quantitative estimate of drug-likeness (QED) is 0.907. The van der Waals surface area contributed by atoms with E-state index in [-0.39, 0.29) is 0 Å². The number of aliphatic hydroxyl groups is 1. The number of ether oxygens (including phenoxy) is 2. The molecule has 1 aromatic carbocycles. The molecule has 0 amide bonds. The minimum absolute atomic E-state index is 0.443. The van der Waals surface area contributed by atoms with Crippen LogP contribution in [0.25, 0.3) is 0 Å². The highest BCUT2D eigenvalue weighted by Gasteiger charge is 2.47. The molecule has 2 atom stereocenters. The summed E-state index contributed by atoms with van der Waals surface area (Å²) in [4.78, 5) is 2.46. The second-order valence-corrected chi connectivity index (χ2v) is 6.70. The lowest BCUT2D eigenvalue weighted by Crippen LogP contribution is -2.33. The van der Waals surface area contributed by atoms with Gasteiger partial charge in [-0.15, -0.1) is 0 Å². The molecule has 21 heavy (non-hydrogen) atoms. The Hall–Kier alpha value is -1.26. The van der Waals surface area contributed by atoms with Crippen LogP contribution in [-0.4, -0.2) is 41.8 Å². The molecule has 1 aliphatic carbocycles. The monoisotopic (exact) mass is 289 g/mol. The van der Waals surface area contributed by atoms with Crippen LogP contribution in [0.2, 0.25) is 0 Å². The molecule has 1 N–H and O–H groups in total. The van der Waals surface area contributed by atoms with Crippen molar-refractivity contribution in [1.29, 1.82) is 0 Å². The molecule has 0 spiro atoms. The summed E-state index contributed by atoms with van der Waals surface area (Å²) in [5.41, 5.74) is 0.203. The average molecular weight is 289 g/mol. The zero-order chi connectivity index (χ0) is 14.4. The van der Waals surface area contributed by atoms with Crippen molar-refractivity contribution in [1.82, 2.24) is 4.90 Å². The van der Waals surface area contributed by atoms with E-state index in [4.69, 9.17) is 9.47 Å². The van der Waals surface area contributed by atoms with Crippen molar-refractivity contribution in [2.75, 3.05) is 19.8 Å². The minimum atomic E-state index is -0.757. The van der Waals surface area contributed by atoms with Gasteiger partial charge in [-0.3, -0.25) is 4.90 Å². The standard InChI is InChI=1S/C17H23NO3/c1-12-10-17(19,11-18(12)14-4-5-14)13-3-6-15-16(9-13)21-8-2-7-20-15/h3,6,9,12,14,19H,2,4-5,7-8,10-11H2,1H3. The Balaban J connectivity index is 1.62. The fourth-order valence-electron chi connectivity index (χ4n) is 3.69. The number of likely N-dealkylation sites (tertiary alicyclic amines) is 1. The van der Waals surface area contributed by atoms with Crippen LogP contribution < -0.4 is 9.47 Å². The van der Waals surface area contributed by atoms with Crippen LogP contribution in [0.3, 0.4) is 0 Å². The van der Waals surface area contributed by atoms with E-state index in [1.54, 1.807) is 0 Å². The van der Waals surface area contributed by atoms with Crippen LogP contribution in [0.4, 0.5) is 0 Å². The van der Waals surface area contributed by atoms with Crippen LogP contribution in [0.1, 0.15) is 38.2 Å². The van der Waals surface area contributed by atoms with Gasteiger partial charge in [-0.2, -0.15) is 0 Å². The van der Waals surface area contributed by atoms with Crippen LogP contribution in [-0.2, 0) is 5.60 Å². The van der Waals surface area contributed by atoms with Gasteiger partial charge in [0.1, 0.15) is 5.60 Å². The highest BCUT2D eigenvalue weighted by molar-refractivity contribution is 5.45. The lowest BCUT2D eigenvalue weighted by molar-refractivity contribution is 0.0449. The van der Waals surface area contributed by atoms with Gasteiger partial charge in [0.05, 0.1) is 13.2 Å². The van der Waals surface area contributed by atoms with E-state index in [0.29, 0.717) is 25.3 Å². The summed E-state index contributed by atoms with van der Waals surface area (Å²) in [5.74, 6) is 1.57. The lowest BCUT2D eigenvalue weighted by Gasteiger charge is -2.25.